The van der Waals surface area contributed by atoms with Crippen molar-refractivity contribution in [1.29, 1.82) is 0 Å². The zero-order chi connectivity index (χ0) is 9.10. The van der Waals surface area contributed by atoms with Gasteiger partial charge in [-0.3, -0.25) is 0 Å². The Balaban J connectivity index is 2.35. The van der Waals surface area contributed by atoms with Crippen molar-refractivity contribution < 1.29 is 4.84 Å². The Labute approximate surface area is 75.4 Å². The third-order valence-corrected chi connectivity index (χ3v) is 1.62. The largest absolute Gasteiger partial charge is 0.411 e. The van der Waals surface area contributed by atoms with E-state index in [2.05, 4.69) is 15.0 Å². The molecule has 0 amide bonds. The highest BCUT2D eigenvalue weighted by molar-refractivity contribution is 5.68. The number of imidazole rings is 1. The lowest BCUT2D eigenvalue weighted by Crippen LogP contribution is -2.11. The smallest absolute Gasteiger partial charge is 0.198 e. The van der Waals surface area contributed by atoms with Crippen LogP contribution in [0.3, 0.4) is 0 Å². The number of fused-ring (bicyclic) bond motifs is 1. The lowest BCUT2D eigenvalue weighted by molar-refractivity contribution is 0.118. The standard InChI is InChI=1S/C8H10N4O/c1-2-3-13-12-6-11-7-4-9-5-10-8(7)12/h4-6H,2-3H2,1H3. The summed E-state index contributed by atoms with van der Waals surface area (Å²) in [4.78, 5) is 17.4. The first kappa shape index (κ1) is 7.97. The van der Waals surface area contributed by atoms with Gasteiger partial charge in [0.15, 0.2) is 5.65 Å². The number of hydrogen-bond donors (Lipinski definition) is 0. The first-order valence-electron chi connectivity index (χ1n) is 4.18. The molecule has 0 spiro atoms. The molecule has 0 aliphatic rings. The molecule has 2 aromatic heterocycles. The monoisotopic (exact) mass is 178 g/mol. The SMILES string of the molecule is CCCOn1cnc2cncnc21. The summed E-state index contributed by atoms with van der Waals surface area (Å²) in [7, 11) is 0. The highest BCUT2D eigenvalue weighted by Crippen LogP contribution is 2.04. The molecule has 68 valence electrons. The van der Waals surface area contributed by atoms with Crippen LogP contribution in [0.2, 0.25) is 0 Å². The summed E-state index contributed by atoms with van der Waals surface area (Å²) in [6, 6.07) is 0. The van der Waals surface area contributed by atoms with E-state index in [-0.39, 0.29) is 0 Å². The van der Waals surface area contributed by atoms with Crippen molar-refractivity contribution in [3.8, 4) is 0 Å². The summed E-state index contributed by atoms with van der Waals surface area (Å²) in [5.74, 6) is 0. The van der Waals surface area contributed by atoms with Crippen LogP contribution < -0.4 is 4.84 Å². The Morgan fingerprint density at radius 1 is 1.46 bits per heavy atom. The van der Waals surface area contributed by atoms with Crippen LogP contribution in [0.15, 0.2) is 18.9 Å². The van der Waals surface area contributed by atoms with E-state index in [1.165, 1.54) is 6.33 Å². The Hall–Kier alpha value is -1.65. The van der Waals surface area contributed by atoms with Crippen molar-refractivity contribution in [3.63, 3.8) is 0 Å². The Morgan fingerprint density at radius 3 is 3.23 bits per heavy atom. The second-order valence-electron chi connectivity index (χ2n) is 2.64. The third kappa shape index (κ3) is 1.44. The van der Waals surface area contributed by atoms with Crippen molar-refractivity contribution in [2.75, 3.05) is 6.61 Å². The maximum atomic E-state index is 5.37. The maximum absolute atomic E-state index is 5.37. The minimum absolute atomic E-state index is 0.662. The van der Waals surface area contributed by atoms with E-state index < -0.39 is 0 Å². The summed E-state index contributed by atoms with van der Waals surface area (Å²) in [5.41, 5.74) is 1.46. The molecule has 0 unspecified atom stereocenters. The third-order valence-electron chi connectivity index (χ3n) is 1.62. The van der Waals surface area contributed by atoms with E-state index in [1.54, 1.807) is 17.3 Å². The maximum Gasteiger partial charge on any atom is 0.198 e. The molecule has 0 radical (unpaired) electrons. The van der Waals surface area contributed by atoms with Crippen molar-refractivity contribution in [2.24, 2.45) is 0 Å². The Bertz CT molecular complexity index is 398. The van der Waals surface area contributed by atoms with E-state index in [4.69, 9.17) is 4.84 Å². The van der Waals surface area contributed by atoms with Gasteiger partial charge in [0.05, 0.1) is 6.20 Å². The van der Waals surface area contributed by atoms with Crippen LogP contribution in [0.1, 0.15) is 13.3 Å². The van der Waals surface area contributed by atoms with Crippen LogP contribution in [-0.2, 0) is 0 Å². The van der Waals surface area contributed by atoms with Crippen molar-refractivity contribution in [2.45, 2.75) is 13.3 Å². The summed E-state index contributed by atoms with van der Waals surface area (Å²) in [6.45, 7) is 2.71. The van der Waals surface area contributed by atoms with Gasteiger partial charge in [-0.2, -0.15) is 4.73 Å². The quantitative estimate of drug-likeness (QED) is 0.693. The van der Waals surface area contributed by atoms with E-state index in [0.29, 0.717) is 12.3 Å². The zero-order valence-corrected chi connectivity index (χ0v) is 7.34. The van der Waals surface area contributed by atoms with Gasteiger partial charge in [-0.05, 0) is 6.42 Å². The fraction of sp³-hybridized carbons (Fsp3) is 0.375. The molecular weight excluding hydrogens is 168 g/mol. The molecule has 5 nitrogen and oxygen atoms in total. The van der Waals surface area contributed by atoms with Gasteiger partial charge in [0.2, 0.25) is 0 Å². The highest BCUT2D eigenvalue weighted by atomic mass is 16.7. The molecule has 2 aromatic rings. The normalized spacial score (nSPS) is 10.5. The number of nitrogens with zero attached hydrogens (tertiary/aromatic N) is 4. The second kappa shape index (κ2) is 3.38. The van der Waals surface area contributed by atoms with Crippen LogP contribution in [0, 0.1) is 0 Å². The predicted octanol–water partition coefficient (Wildman–Crippen LogP) is 0.665. The Kier molecular flexibility index (Phi) is 2.08. The van der Waals surface area contributed by atoms with Crippen LogP contribution in [-0.4, -0.2) is 26.3 Å². The molecule has 0 fully saturated rings. The molecule has 0 bridgehead atoms. The average Bonchev–Trinajstić information content (AvgIpc) is 2.58. The second-order valence-corrected chi connectivity index (χ2v) is 2.64. The number of hydrogen-bond acceptors (Lipinski definition) is 4. The predicted molar refractivity (Wildman–Crippen MR) is 47.1 cm³/mol. The molecule has 2 rings (SSSR count). The van der Waals surface area contributed by atoms with E-state index in [9.17, 15) is 0 Å². The summed E-state index contributed by atoms with van der Waals surface area (Å²) >= 11 is 0. The van der Waals surface area contributed by atoms with Gasteiger partial charge in [-0.1, -0.05) is 6.92 Å². The van der Waals surface area contributed by atoms with Gasteiger partial charge < -0.3 is 4.84 Å². The molecular formula is C8H10N4O. The van der Waals surface area contributed by atoms with Crippen molar-refractivity contribution in [1.82, 2.24) is 19.7 Å². The highest BCUT2D eigenvalue weighted by Gasteiger charge is 2.02. The Morgan fingerprint density at radius 2 is 2.38 bits per heavy atom. The van der Waals surface area contributed by atoms with Gasteiger partial charge in [0.25, 0.3) is 0 Å². The topological polar surface area (TPSA) is 52.8 Å². The minimum Gasteiger partial charge on any atom is -0.411 e. The molecule has 0 saturated heterocycles. The lowest BCUT2D eigenvalue weighted by Gasteiger charge is -2.03. The van der Waals surface area contributed by atoms with E-state index in [0.717, 1.165) is 11.9 Å². The molecule has 2 heterocycles. The van der Waals surface area contributed by atoms with Gasteiger partial charge >= 0.3 is 0 Å². The van der Waals surface area contributed by atoms with Crippen molar-refractivity contribution >= 4 is 11.2 Å². The molecule has 0 atom stereocenters. The molecule has 5 heteroatoms. The molecule has 0 saturated carbocycles. The van der Waals surface area contributed by atoms with Crippen LogP contribution in [0.4, 0.5) is 0 Å². The van der Waals surface area contributed by atoms with Gasteiger partial charge in [0.1, 0.15) is 24.8 Å². The van der Waals surface area contributed by atoms with Gasteiger partial charge in [0, 0.05) is 0 Å². The van der Waals surface area contributed by atoms with E-state index in [1.807, 2.05) is 6.92 Å². The van der Waals surface area contributed by atoms with Crippen molar-refractivity contribution in [3.05, 3.63) is 18.9 Å². The van der Waals surface area contributed by atoms with Gasteiger partial charge in [-0.25, -0.2) is 15.0 Å². The molecule has 13 heavy (non-hydrogen) atoms. The summed E-state index contributed by atoms with van der Waals surface area (Å²) in [6.07, 6.45) is 5.71. The summed E-state index contributed by atoms with van der Waals surface area (Å²) in [5, 5.41) is 0. The molecule has 0 aromatic carbocycles. The first-order valence-corrected chi connectivity index (χ1v) is 4.18. The zero-order valence-electron chi connectivity index (χ0n) is 7.34. The fourth-order valence-corrected chi connectivity index (χ4v) is 1.03. The van der Waals surface area contributed by atoms with Gasteiger partial charge in [-0.15, -0.1) is 0 Å². The number of rotatable bonds is 3. The fourth-order valence-electron chi connectivity index (χ4n) is 1.03. The summed E-state index contributed by atoms with van der Waals surface area (Å²) < 4.78 is 1.57. The van der Waals surface area contributed by atoms with Crippen LogP contribution in [0.5, 0.6) is 0 Å². The van der Waals surface area contributed by atoms with E-state index >= 15 is 0 Å². The first-order chi connectivity index (χ1) is 6.42. The number of aromatic nitrogens is 4. The molecule has 0 aliphatic heterocycles. The lowest BCUT2D eigenvalue weighted by atomic mass is 10.5. The van der Waals surface area contributed by atoms with Crippen LogP contribution in [0.25, 0.3) is 11.2 Å². The minimum atomic E-state index is 0.662. The molecule has 0 N–H and O–H groups in total. The van der Waals surface area contributed by atoms with Crippen LogP contribution >= 0.6 is 0 Å². The average molecular weight is 178 g/mol. The molecule has 0 aliphatic carbocycles.